The summed E-state index contributed by atoms with van der Waals surface area (Å²) in [4.78, 5) is 24.6. The second-order valence-corrected chi connectivity index (χ2v) is 6.96. The molecule has 0 saturated heterocycles. The number of ether oxygens (including phenoxy) is 1. The van der Waals surface area contributed by atoms with Gasteiger partial charge >= 0.3 is 5.97 Å². The number of nitrogens with one attached hydrogen (secondary N) is 1. The molecule has 0 fully saturated rings. The quantitative estimate of drug-likeness (QED) is 0.471. The lowest BCUT2D eigenvalue weighted by Gasteiger charge is -2.07. The third-order valence-electron chi connectivity index (χ3n) is 4.08. The summed E-state index contributed by atoms with van der Waals surface area (Å²) >= 11 is 1.25. The minimum absolute atomic E-state index is 0.319. The maximum absolute atomic E-state index is 12.9. The van der Waals surface area contributed by atoms with Crippen LogP contribution in [0.1, 0.15) is 21.5 Å². The summed E-state index contributed by atoms with van der Waals surface area (Å²) in [5.74, 6) is -1.26. The van der Waals surface area contributed by atoms with E-state index < -0.39 is 11.9 Å². The second-order valence-electron chi connectivity index (χ2n) is 6.09. The Hall–Kier alpha value is -3.25. The predicted octanol–water partition coefficient (Wildman–Crippen LogP) is 5.30. The van der Waals surface area contributed by atoms with Gasteiger partial charge in [-0.1, -0.05) is 42.0 Å². The Bertz CT molecular complexity index is 1020. The van der Waals surface area contributed by atoms with Crippen LogP contribution in [-0.2, 0) is 9.53 Å². The van der Waals surface area contributed by atoms with Crippen molar-refractivity contribution in [2.45, 2.75) is 6.92 Å². The Morgan fingerprint density at radius 2 is 1.75 bits per heavy atom. The number of halogens is 1. The van der Waals surface area contributed by atoms with Crippen molar-refractivity contribution in [3.05, 3.63) is 82.5 Å². The van der Waals surface area contributed by atoms with Gasteiger partial charge in [-0.05, 0) is 36.3 Å². The van der Waals surface area contributed by atoms with Crippen molar-refractivity contribution in [1.82, 2.24) is 0 Å². The molecule has 0 aliphatic rings. The van der Waals surface area contributed by atoms with Gasteiger partial charge in [0.15, 0.2) is 0 Å². The van der Waals surface area contributed by atoms with Crippen LogP contribution in [0.4, 0.5) is 9.39 Å². The van der Waals surface area contributed by atoms with Crippen LogP contribution in [0, 0.1) is 12.7 Å². The van der Waals surface area contributed by atoms with Gasteiger partial charge in [0.2, 0.25) is 5.91 Å². The molecule has 1 amide bonds. The number of hydrogen-bond donors (Lipinski definition) is 1. The fourth-order valence-electron chi connectivity index (χ4n) is 2.60. The van der Waals surface area contributed by atoms with Crippen molar-refractivity contribution in [1.29, 1.82) is 0 Å². The molecular formula is C22H18FNO3S. The molecule has 142 valence electrons. The summed E-state index contributed by atoms with van der Waals surface area (Å²) < 4.78 is 17.9. The smallest absolute Gasteiger partial charge is 0.341 e. The predicted molar refractivity (Wildman–Crippen MR) is 110 cm³/mol. The highest BCUT2D eigenvalue weighted by Gasteiger charge is 2.21. The number of aryl methyl sites for hydroxylation is 1. The van der Waals surface area contributed by atoms with Crippen molar-refractivity contribution in [2.75, 3.05) is 12.4 Å². The number of esters is 1. The van der Waals surface area contributed by atoms with Gasteiger partial charge in [-0.15, -0.1) is 11.3 Å². The van der Waals surface area contributed by atoms with Gasteiger partial charge in [-0.25, -0.2) is 9.18 Å². The first kappa shape index (κ1) is 19.5. The molecule has 3 rings (SSSR count). The van der Waals surface area contributed by atoms with Gasteiger partial charge in [-0.2, -0.15) is 0 Å². The second kappa shape index (κ2) is 8.63. The molecule has 0 aliphatic heterocycles. The average molecular weight is 395 g/mol. The average Bonchev–Trinajstić information content (AvgIpc) is 3.11. The standard InChI is InChI=1S/C22H18FNO3S/c1-14-3-8-16(9-4-14)18-13-28-21(20(18)22(26)27-2)24-19(25)12-7-15-5-10-17(23)11-6-15/h3-13H,1-2H3,(H,24,25). The largest absolute Gasteiger partial charge is 0.465 e. The molecule has 0 aliphatic carbocycles. The number of hydrogen-bond acceptors (Lipinski definition) is 4. The first-order valence-corrected chi connectivity index (χ1v) is 9.37. The van der Waals surface area contributed by atoms with Crippen molar-refractivity contribution in [3.8, 4) is 11.1 Å². The number of carbonyl (C=O) groups is 2. The summed E-state index contributed by atoms with van der Waals surface area (Å²) in [5.41, 5.74) is 3.69. The van der Waals surface area contributed by atoms with Crippen LogP contribution < -0.4 is 5.32 Å². The third kappa shape index (κ3) is 4.53. The summed E-state index contributed by atoms with van der Waals surface area (Å²) in [6.07, 6.45) is 2.90. The van der Waals surface area contributed by atoms with Gasteiger partial charge in [0.05, 0.1) is 7.11 Å². The van der Waals surface area contributed by atoms with E-state index in [-0.39, 0.29) is 5.82 Å². The van der Waals surface area contributed by atoms with Crippen molar-refractivity contribution in [2.24, 2.45) is 0 Å². The molecule has 0 bridgehead atoms. The molecule has 1 aromatic heterocycles. The molecule has 3 aromatic rings. The summed E-state index contributed by atoms with van der Waals surface area (Å²) in [5, 5.41) is 4.96. The molecule has 6 heteroatoms. The topological polar surface area (TPSA) is 55.4 Å². The van der Waals surface area contributed by atoms with Crippen LogP contribution in [0.25, 0.3) is 17.2 Å². The fraction of sp³-hybridized carbons (Fsp3) is 0.0909. The minimum atomic E-state index is -0.519. The van der Waals surface area contributed by atoms with Crippen molar-refractivity contribution < 1.29 is 18.7 Å². The van der Waals surface area contributed by atoms with Gasteiger partial charge in [0, 0.05) is 17.0 Å². The Balaban J connectivity index is 1.85. The number of benzene rings is 2. The van der Waals surface area contributed by atoms with E-state index in [4.69, 9.17) is 4.74 Å². The molecule has 4 nitrogen and oxygen atoms in total. The molecule has 0 spiro atoms. The van der Waals surface area contributed by atoms with Crippen LogP contribution >= 0.6 is 11.3 Å². The van der Waals surface area contributed by atoms with Crippen molar-refractivity contribution >= 4 is 34.3 Å². The molecule has 28 heavy (non-hydrogen) atoms. The number of amides is 1. The normalized spacial score (nSPS) is 10.8. The zero-order valence-corrected chi connectivity index (χ0v) is 16.2. The van der Waals surface area contributed by atoms with Gasteiger partial charge < -0.3 is 10.1 Å². The maximum Gasteiger partial charge on any atom is 0.341 e. The summed E-state index contributed by atoms with van der Waals surface area (Å²) in [6.45, 7) is 1.98. The van der Waals surface area contributed by atoms with E-state index in [0.29, 0.717) is 21.7 Å². The molecule has 1 N–H and O–H groups in total. The van der Waals surface area contributed by atoms with Gasteiger partial charge in [0.25, 0.3) is 0 Å². The molecule has 0 atom stereocenters. The van der Waals surface area contributed by atoms with Crippen LogP contribution in [0.15, 0.2) is 60.0 Å². The third-order valence-corrected chi connectivity index (χ3v) is 4.97. The number of methoxy groups -OCH3 is 1. The Kier molecular flexibility index (Phi) is 6.01. The van der Waals surface area contributed by atoms with Crippen LogP contribution in [0.3, 0.4) is 0 Å². The SMILES string of the molecule is COC(=O)c1c(-c2ccc(C)cc2)csc1NC(=O)C=Cc1ccc(F)cc1. The van der Waals surface area contributed by atoms with E-state index in [1.54, 1.807) is 18.2 Å². The van der Waals surface area contributed by atoms with Crippen LogP contribution in [-0.4, -0.2) is 19.0 Å². The first-order chi connectivity index (χ1) is 13.5. The molecule has 0 radical (unpaired) electrons. The monoisotopic (exact) mass is 395 g/mol. The van der Waals surface area contributed by atoms with E-state index in [9.17, 15) is 14.0 Å². The maximum atomic E-state index is 12.9. The van der Waals surface area contributed by atoms with Gasteiger partial charge in [-0.3, -0.25) is 4.79 Å². The minimum Gasteiger partial charge on any atom is -0.465 e. The first-order valence-electron chi connectivity index (χ1n) is 8.49. The van der Waals surface area contributed by atoms with Crippen molar-refractivity contribution in [3.63, 3.8) is 0 Å². The highest BCUT2D eigenvalue weighted by molar-refractivity contribution is 7.15. The molecule has 1 heterocycles. The fourth-order valence-corrected chi connectivity index (χ4v) is 3.56. The van der Waals surface area contributed by atoms with Gasteiger partial charge in [0.1, 0.15) is 16.4 Å². The van der Waals surface area contributed by atoms with E-state index in [1.807, 2.05) is 36.6 Å². The van der Waals surface area contributed by atoms with Crippen LogP contribution in [0.5, 0.6) is 0 Å². The van der Waals surface area contributed by atoms with E-state index in [0.717, 1.165) is 11.1 Å². The Morgan fingerprint density at radius 1 is 1.07 bits per heavy atom. The summed E-state index contributed by atoms with van der Waals surface area (Å²) in [6, 6.07) is 13.5. The lowest BCUT2D eigenvalue weighted by molar-refractivity contribution is -0.111. The molecular weight excluding hydrogens is 377 g/mol. The van der Waals surface area contributed by atoms with E-state index in [2.05, 4.69) is 5.32 Å². The zero-order chi connectivity index (χ0) is 20.1. The lowest BCUT2D eigenvalue weighted by Crippen LogP contribution is -2.11. The number of rotatable bonds is 5. The highest BCUT2D eigenvalue weighted by Crippen LogP contribution is 2.36. The molecule has 0 saturated carbocycles. The molecule has 0 unspecified atom stereocenters. The number of thiophene rings is 1. The lowest BCUT2D eigenvalue weighted by atomic mass is 10.0. The Morgan fingerprint density at radius 3 is 2.39 bits per heavy atom. The summed E-state index contributed by atoms with van der Waals surface area (Å²) in [7, 11) is 1.30. The van der Waals surface area contributed by atoms with Crippen LogP contribution in [0.2, 0.25) is 0 Å². The van der Waals surface area contributed by atoms with E-state index in [1.165, 1.54) is 36.7 Å². The number of carbonyl (C=O) groups excluding carboxylic acids is 2. The van der Waals surface area contributed by atoms with E-state index >= 15 is 0 Å². The molecule has 2 aromatic carbocycles. The highest BCUT2D eigenvalue weighted by atomic mass is 32.1. The zero-order valence-electron chi connectivity index (χ0n) is 15.4. The Labute approximate surface area is 166 Å². The number of anilines is 1.